The van der Waals surface area contributed by atoms with Gasteiger partial charge in [-0.15, -0.1) is 0 Å². The van der Waals surface area contributed by atoms with Crippen molar-refractivity contribution in [1.82, 2.24) is 10.2 Å². The number of benzene rings is 1. The predicted octanol–water partition coefficient (Wildman–Crippen LogP) is 0.520. The van der Waals surface area contributed by atoms with Crippen LogP contribution in [0.2, 0.25) is 0 Å². The van der Waals surface area contributed by atoms with Crippen LogP contribution in [0.5, 0.6) is 0 Å². The Kier molecular flexibility index (Phi) is 5.93. The summed E-state index contributed by atoms with van der Waals surface area (Å²) in [4.78, 5) is 25.5. The molecule has 6 nitrogen and oxygen atoms in total. The zero-order valence-corrected chi connectivity index (χ0v) is 14.3. The third kappa shape index (κ3) is 4.53. The van der Waals surface area contributed by atoms with Crippen LogP contribution in [-0.2, 0) is 25.8 Å². The van der Waals surface area contributed by atoms with Gasteiger partial charge in [0.05, 0.1) is 11.5 Å². The van der Waals surface area contributed by atoms with Gasteiger partial charge < -0.3 is 10.2 Å². The number of amides is 2. The lowest BCUT2D eigenvalue weighted by atomic mass is 10.1. The summed E-state index contributed by atoms with van der Waals surface area (Å²) in [5.41, 5.74) is 0.458. The monoisotopic (exact) mass is 356 g/mol. The van der Waals surface area contributed by atoms with Crippen molar-refractivity contribution in [3.8, 4) is 0 Å². The van der Waals surface area contributed by atoms with Crippen molar-refractivity contribution in [3.63, 3.8) is 0 Å². The van der Waals surface area contributed by atoms with Crippen molar-refractivity contribution in [2.45, 2.75) is 25.8 Å². The van der Waals surface area contributed by atoms with Gasteiger partial charge in [0, 0.05) is 19.1 Å². The van der Waals surface area contributed by atoms with Crippen LogP contribution in [-0.4, -0.2) is 55.8 Å². The Morgan fingerprint density at radius 1 is 1.33 bits per heavy atom. The summed E-state index contributed by atoms with van der Waals surface area (Å²) in [6.07, 6.45) is 0.625. The van der Waals surface area contributed by atoms with E-state index >= 15 is 0 Å². The van der Waals surface area contributed by atoms with Gasteiger partial charge >= 0.3 is 11.8 Å². The van der Waals surface area contributed by atoms with Crippen LogP contribution in [0.25, 0.3) is 0 Å². The van der Waals surface area contributed by atoms with Gasteiger partial charge in [-0.2, -0.15) is 0 Å². The first kappa shape index (κ1) is 18.4. The van der Waals surface area contributed by atoms with Crippen molar-refractivity contribution >= 4 is 21.7 Å². The van der Waals surface area contributed by atoms with Crippen LogP contribution in [0, 0.1) is 5.82 Å². The molecule has 1 aromatic rings. The Bertz CT molecular complexity index is 721. The quantitative estimate of drug-likeness (QED) is 0.780. The van der Waals surface area contributed by atoms with Crippen molar-refractivity contribution in [2.24, 2.45) is 0 Å². The number of nitrogens with one attached hydrogen (secondary N) is 1. The van der Waals surface area contributed by atoms with E-state index in [0.717, 1.165) is 0 Å². The first-order valence-corrected chi connectivity index (χ1v) is 9.69. The molecule has 1 aromatic carbocycles. The lowest BCUT2D eigenvalue weighted by molar-refractivity contribution is -0.146. The van der Waals surface area contributed by atoms with Gasteiger partial charge in [-0.05, 0) is 31.4 Å². The van der Waals surface area contributed by atoms with Gasteiger partial charge in [-0.25, -0.2) is 12.8 Å². The lowest BCUT2D eigenvalue weighted by Crippen LogP contribution is -2.48. The fourth-order valence-electron chi connectivity index (χ4n) is 2.81. The first-order chi connectivity index (χ1) is 11.3. The molecule has 0 radical (unpaired) electrons. The maximum Gasteiger partial charge on any atom is 0.312 e. The van der Waals surface area contributed by atoms with E-state index in [0.29, 0.717) is 12.0 Å². The Morgan fingerprint density at radius 3 is 2.62 bits per heavy atom. The molecule has 1 heterocycles. The number of hydrogen-bond donors (Lipinski definition) is 1. The van der Waals surface area contributed by atoms with Gasteiger partial charge in [0.25, 0.3) is 0 Å². The third-order valence-electron chi connectivity index (χ3n) is 4.08. The summed E-state index contributed by atoms with van der Waals surface area (Å²) in [6, 6.07) is 5.78. The summed E-state index contributed by atoms with van der Waals surface area (Å²) in [7, 11) is -3.13. The van der Waals surface area contributed by atoms with Gasteiger partial charge in [0.15, 0.2) is 9.84 Å². The normalized spacial score (nSPS) is 19.0. The highest BCUT2D eigenvalue weighted by molar-refractivity contribution is 7.91. The minimum absolute atomic E-state index is 0.0380. The van der Waals surface area contributed by atoms with E-state index in [-0.39, 0.29) is 36.8 Å². The molecule has 1 N–H and O–H groups in total. The summed E-state index contributed by atoms with van der Waals surface area (Å²) in [5.74, 6) is -1.96. The van der Waals surface area contributed by atoms with E-state index in [2.05, 4.69) is 5.32 Å². The van der Waals surface area contributed by atoms with Gasteiger partial charge in [0.1, 0.15) is 5.82 Å². The fourth-order valence-corrected chi connectivity index (χ4v) is 4.54. The van der Waals surface area contributed by atoms with Gasteiger partial charge in [-0.3, -0.25) is 9.59 Å². The van der Waals surface area contributed by atoms with Crippen LogP contribution in [0.4, 0.5) is 4.39 Å². The second-order valence-electron chi connectivity index (χ2n) is 5.75. The first-order valence-electron chi connectivity index (χ1n) is 7.86. The second kappa shape index (κ2) is 7.74. The number of halogens is 1. The molecule has 0 saturated carbocycles. The van der Waals surface area contributed by atoms with Crippen LogP contribution in [0.1, 0.15) is 18.9 Å². The molecule has 0 aromatic heterocycles. The minimum Gasteiger partial charge on any atom is -0.347 e. The highest BCUT2D eigenvalue weighted by Gasteiger charge is 2.35. The summed E-state index contributed by atoms with van der Waals surface area (Å²) in [5, 5.41) is 2.47. The van der Waals surface area contributed by atoms with Crippen LogP contribution in [0.15, 0.2) is 24.3 Å². The number of hydrogen-bond acceptors (Lipinski definition) is 4. The van der Waals surface area contributed by atoms with Crippen molar-refractivity contribution < 1.29 is 22.4 Å². The minimum atomic E-state index is -3.13. The highest BCUT2D eigenvalue weighted by Crippen LogP contribution is 2.17. The molecular formula is C16H21FN2O4S. The highest BCUT2D eigenvalue weighted by atomic mass is 32.2. The average Bonchev–Trinajstić information content (AvgIpc) is 2.89. The van der Waals surface area contributed by atoms with Crippen LogP contribution >= 0.6 is 0 Å². The molecular weight excluding hydrogens is 335 g/mol. The lowest BCUT2D eigenvalue weighted by Gasteiger charge is -2.26. The van der Waals surface area contributed by atoms with E-state index < -0.39 is 27.7 Å². The Morgan fingerprint density at radius 2 is 2.04 bits per heavy atom. The van der Waals surface area contributed by atoms with Crippen molar-refractivity contribution in [1.29, 1.82) is 0 Å². The number of rotatable bonds is 5. The summed E-state index contributed by atoms with van der Waals surface area (Å²) in [6.45, 7) is 2.10. The van der Waals surface area contributed by atoms with Crippen LogP contribution in [0.3, 0.4) is 0 Å². The van der Waals surface area contributed by atoms with E-state index in [4.69, 9.17) is 0 Å². The Labute approximate surface area is 140 Å². The van der Waals surface area contributed by atoms with Crippen LogP contribution < -0.4 is 5.32 Å². The number of likely N-dealkylation sites (N-methyl/N-ethyl adjacent to an activating group) is 1. The standard InChI is InChI=1S/C16H21FN2O4S/c1-2-19(13-8-10-24(22,23)11-13)16(21)15(20)18-9-7-12-5-3-4-6-14(12)17/h3-6,13H,2,7-11H2,1H3,(H,18,20). The fraction of sp³-hybridized carbons (Fsp3) is 0.500. The number of carbonyl (C=O) groups excluding carboxylic acids is 2. The zero-order valence-electron chi connectivity index (χ0n) is 13.5. The molecule has 1 fully saturated rings. The van der Waals surface area contributed by atoms with Crippen molar-refractivity contribution in [3.05, 3.63) is 35.6 Å². The zero-order chi connectivity index (χ0) is 17.7. The molecule has 2 rings (SSSR count). The number of sulfone groups is 1. The maximum atomic E-state index is 13.5. The number of nitrogens with zero attached hydrogens (tertiary/aromatic N) is 1. The SMILES string of the molecule is CCN(C(=O)C(=O)NCCc1ccccc1F)C1CCS(=O)(=O)C1. The molecule has 0 aliphatic carbocycles. The smallest absolute Gasteiger partial charge is 0.312 e. The van der Waals surface area contributed by atoms with E-state index in [1.54, 1.807) is 25.1 Å². The van der Waals surface area contributed by atoms with E-state index in [9.17, 15) is 22.4 Å². The third-order valence-corrected chi connectivity index (χ3v) is 5.83. The molecule has 0 bridgehead atoms. The Balaban J connectivity index is 1.89. The molecule has 0 spiro atoms. The number of carbonyl (C=O) groups is 2. The van der Waals surface area contributed by atoms with E-state index in [1.807, 2.05) is 0 Å². The molecule has 24 heavy (non-hydrogen) atoms. The topological polar surface area (TPSA) is 83.6 Å². The molecule has 1 saturated heterocycles. The maximum absolute atomic E-state index is 13.5. The molecule has 132 valence electrons. The molecule has 1 unspecified atom stereocenters. The van der Waals surface area contributed by atoms with Gasteiger partial charge in [0.2, 0.25) is 0 Å². The largest absolute Gasteiger partial charge is 0.347 e. The van der Waals surface area contributed by atoms with E-state index in [1.165, 1.54) is 11.0 Å². The predicted molar refractivity (Wildman–Crippen MR) is 87.6 cm³/mol. The molecule has 8 heteroatoms. The molecule has 1 aliphatic rings. The summed E-state index contributed by atoms with van der Waals surface area (Å²) < 4.78 is 36.6. The second-order valence-corrected chi connectivity index (χ2v) is 7.97. The molecule has 1 aliphatic heterocycles. The Hall–Kier alpha value is -1.96. The van der Waals surface area contributed by atoms with Crippen molar-refractivity contribution in [2.75, 3.05) is 24.6 Å². The average molecular weight is 356 g/mol. The molecule has 1 atom stereocenters. The summed E-state index contributed by atoms with van der Waals surface area (Å²) >= 11 is 0. The van der Waals surface area contributed by atoms with Gasteiger partial charge in [-0.1, -0.05) is 18.2 Å². The molecule has 2 amide bonds.